The van der Waals surface area contributed by atoms with Gasteiger partial charge in [-0.05, 0) is 5.56 Å². The van der Waals surface area contributed by atoms with Gasteiger partial charge in [0.15, 0.2) is 0 Å². The number of hydrogen-bond acceptors (Lipinski definition) is 3. The molecule has 0 spiro atoms. The SMILES string of the molecule is CN(C)S(=O)(=O)N[C@H](CO)c1ccccc1. The van der Waals surface area contributed by atoms with Gasteiger partial charge >= 0.3 is 0 Å². The minimum absolute atomic E-state index is 0.281. The third-order valence-corrected chi connectivity index (χ3v) is 3.70. The molecule has 6 heteroatoms. The fourth-order valence-electron chi connectivity index (χ4n) is 1.18. The standard InChI is InChI=1S/C10H16N2O3S/c1-12(2)16(14,15)11-10(8-13)9-6-4-3-5-7-9/h3-7,10-11,13H,8H2,1-2H3/t10-/m1/s1. The monoisotopic (exact) mass is 244 g/mol. The third kappa shape index (κ3) is 3.28. The molecule has 0 heterocycles. The van der Waals surface area contributed by atoms with Crippen LogP contribution in [0.25, 0.3) is 0 Å². The molecule has 1 aromatic rings. The first kappa shape index (κ1) is 13.1. The lowest BCUT2D eigenvalue weighted by Crippen LogP contribution is -2.39. The summed E-state index contributed by atoms with van der Waals surface area (Å²) in [6.07, 6.45) is 0. The van der Waals surface area contributed by atoms with Gasteiger partial charge in [0.1, 0.15) is 0 Å². The van der Waals surface area contributed by atoms with Crippen LogP contribution in [0.5, 0.6) is 0 Å². The fraction of sp³-hybridized carbons (Fsp3) is 0.400. The molecule has 0 unspecified atom stereocenters. The largest absolute Gasteiger partial charge is 0.394 e. The molecule has 1 rings (SSSR count). The van der Waals surface area contributed by atoms with Crippen LogP contribution in [0.3, 0.4) is 0 Å². The highest BCUT2D eigenvalue weighted by atomic mass is 32.2. The maximum absolute atomic E-state index is 11.6. The van der Waals surface area contributed by atoms with Gasteiger partial charge in [-0.15, -0.1) is 0 Å². The maximum Gasteiger partial charge on any atom is 0.279 e. The van der Waals surface area contributed by atoms with E-state index in [4.69, 9.17) is 0 Å². The summed E-state index contributed by atoms with van der Waals surface area (Å²) < 4.78 is 26.6. The highest BCUT2D eigenvalue weighted by Gasteiger charge is 2.20. The highest BCUT2D eigenvalue weighted by Crippen LogP contribution is 2.13. The Bertz CT molecular complexity index is 417. The summed E-state index contributed by atoms with van der Waals surface area (Å²) in [6, 6.07) is 8.33. The molecule has 0 amide bonds. The molecule has 0 aliphatic heterocycles. The van der Waals surface area contributed by atoms with Crippen molar-refractivity contribution in [3.63, 3.8) is 0 Å². The molecule has 0 aliphatic rings. The predicted octanol–water partition coefficient (Wildman–Crippen LogP) is 0.116. The average Bonchev–Trinajstić information content (AvgIpc) is 2.27. The molecule has 0 aromatic heterocycles. The highest BCUT2D eigenvalue weighted by molar-refractivity contribution is 7.87. The summed E-state index contributed by atoms with van der Waals surface area (Å²) in [6.45, 7) is -0.281. The van der Waals surface area contributed by atoms with E-state index in [0.717, 1.165) is 9.87 Å². The lowest BCUT2D eigenvalue weighted by atomic mass is 10.1. The van der Waals surface area contributed by atoms with E-state index in [0.29, 0.717) is 0 Å². The van der Waals surface area contributed by atoms with Gasteiger partial charge in [-0.3, -0.25) is 0 Å². The van der Waals surface area contributed by atoms with E-state index in [1.165, 1.54) is 14.1 Å². The Kier molecular flexibility index (Phi) is 4.43. The summed E-state index contributed by atoms with van der Waals surface area (Å²) >= 11 is 0. The van der Waals surface area contributed by atoms with E-state index in [1.807, 2.05) is 6.07 Å². The molecule has 90 valence electrons. The first-order chi connectivity index (χ1) is 7.47. The molecule has 0 saturated heterocycles. The second kappa shape index (κ2) is 5.40. The van der Waals surface area contributed by atoms with E-state index < -0.39 is 16.3 Å². The minimum Gasteiger partial charge on any atom is -0.394 e. The molecule has 2 N–H and O–H groups in total. The lowest BCUT2D eigenvalue weighted by Gasteiger charge is -2.19. The molecule has 0 aliphatic carbocycles. The van der Waals surface area contributed by atoms with E-state index in [1.54, 1.807) is 24.3 Å². The van der Waals surface area contributed by atoms with Crippen molar-refractivity contribution in [1.29, 1.82) is 0 Å². The van der Waals surface area contributed by atoms with Gasteiger partial charge in [0, 0.05) is 14.1 Å². The molecule has 1 atom stereocenters. The summed E-state index contributed by atoms with van der Waals surface area (Å²) in [5.41, 5.74) is 0.732. The van der Waals surface area contributed by atoms with Gasteiger partial charge in [-0.25, -0.2) is 0 Å². The number of aliphatic hydroxyl groups is 1. The normalized spacial score (nSPS) is 14.0. The number of rotatable bonds is 5. The molecule has 1 aromatic carbocycles. The molecule has 0 saturated carbocycles. The number of hydrogen-bond donors (Lipinski definition) is 2. The Morgan fingerprint density at radius 2 is 1.88 bits per heavy atom. The molecule has 5 nitrogen and oxygen atoms in total. The predicted molar refractivity (Wildman–Crippen MR) is 62.0 cm³/mol. The van der Waals surface area contributed by atoms with Crippen LogP contribution in [0.1, 0.15) is 11.6 Å². The van der Waals surface area contributed by atoms with Crippen molar-refractivity contribution in [3.05, 3.63) is 35.9 Å². The van der Waals surface area contributed by atoms with Gasteiger partial charge in [0.25, 0.3) is 10.2 Å². The van der Waals surface area contributed by atoms with Crippen LogP contribution in [0, 0.1) is 0 Å². The number of benzene rings is 1. The van der Waals surface area contributed by atoms with Gasteiger partial charge in [0.2, 0.25) is 0 Å². The summed E-state index contributed by atoms with van der Waals surface area (Å²) in [7, 11) is -0.670. The van der Waals surface area contributed by atoms with Crippen LogP contribution >= 0.6 is 0 Å². The van der Waals surface area contributed by atoms with Crippen LogP contribution in [-0.2, 0) is 10.2 Å². The summed E-state index contributed by atoms with van der Waals surface area (Å²) in [5, 5.41) is 9.18. The van der Waals surface area contributed by atoms with Crippen LogP contribution in [0.15, 0.2) is 30.3 Å². The van der Waals surface area contributed by atoms with Crippen molar-refractivity contribution >= 4 is 10.2 Å². The number of nitrogens with one attached hydrogen (secondary N) is 1. The van der Waals surface area contributed by atoms with E-state index >= 15 is 0 Å². The molecule has 0 bridgehead atoms. The average molecular weight is 244 g/mol. The fourth-order valence-corrected chi connectivity index (χ4v) is 1.96. The second-order valence-electron chi connectivity index (χ2n) is 3.55. The van der Waals surface area contributed by atoms with Crippen molar-refractivity contribution in [2.75, 3.05) is 20.7 Å². The molecule has 16 heavy (non-hydrogen) atoms. The van der Waals surface area contributed by atoms with Crippen LogP contribution < -0.4 is 4.72 Å². The zero-order chi connectivity index (χ0) is 12.2. The topological polar surface area (TPSA) is 69.6 Å². The first-order valence-electron chi connectivity index (χ1n) is 4.83. The summed E-state index contributed by atoms with van der Waals surface area (Å²) in [4.78, 5) is 0. The Balaban J connectivity index is 2.86. The van der Waals surface area contributed by atoms with Crippen molar-refractivity contribution < 1.29 is 13.5 Å². The Labute approximate surface area is 95.9 Å². The molecular weight excluding hydrogens is 228 g/mol. The smallest absolute Gasteiger partial charge is 0.279 e. The molecule has 0 fully saturated rings. The number of nitrogens with zero attached hydrogens (tertiary/aromatic N) is 1. The Morgan fingerprint density at radius 3 is 2.31 bits per heavy atom. The van der Waals surface area contributed by atoms with Crippen LogP contribution in [-0.4, -0.2) is 38.5 Å². The third-order valence-electron chi connectivity index (χ3n) is 2.16. The zero-order valence-corrected chi connectivity index (χ0v) is 10.1. The lowest BCUT2D eigenvalue weighted by molar-refractivity contribution is 0.257. The van der Waals surface area contributed by atoms with E-state index in [2.05, 4.69) is 4.72 Å². The zero-order valence-electron chi connectivity index (χ0n) is 9.29. The Morgan fingerprint density at radius 1 is 1.31 bits per heavy atom. The van der Waals surface area contributed by atoms with Crippen molar-refractivity contribution in [2.45, 2.75) is 6.04 Å². The van der Waals surface area contributed by atoms with Crippen molar-refractivity contribution in [3.8, 4) is 0 Å². The molecular formula is C10H16N2O3S. The summed E-state index contributed by atoms with van der Waals surface area (Å²) in [5.74, 6) is 0. The van der Waals surface area contributed by atoms with Crippen molar-refractivity contribution in [2.24, 2.45) is 0 Å². The quantitative estimate of drug-likeness (QED) is 0.772. The van der Waals surface area contributed by atoms with Gasteiger partial charge in [-0.1, -0.05) is 30.3 Å². The van der Waals surface area contributed by atoms with Gasteiger partial charge < -0.3 is 5.11 Å². The Hall–Kier alpha value is -0.950. The van der Waals surface area contributed by atoms with E-state index in [-0.39, 0.29) is 6.61 Å². The van der Waals surface area contributed by atoms with Crippen LogP contribution in [0.2, 0.25) is 0 Å². The minimum atomic E-state index is -3.53. The van der Waals surface area contributed by atoms with Crippen LogP contribution in [0.4, 0.5) is 0 Å². The number of aliphatic hydroxyl groups excluding tert-OH is 1. The first-order valence-corrected chi connectivity index (χ1v) is 6.27. The molecule has 0 radical (unpaired) electrons. The van der Waals surface area contributed by atoms with Gasteiger partial charge in [0.05, 0.1) is 12.6 Å². The second-order valence-corrected chi connectivity index (χ2v) is 5.47. The van der Waals surface area contributed by atoms with E-state index in [9.17, 15) is 13.5 Å². The van der Waals surface area contributed by atoms with Crippen molar-refractivity contribution in [1.82, 2.24) is 9.03 Å². The van der Waals surface area contributed by atoms with Gasteiger partial charge in [-0.2, -0.15) is 17.4 Å². The maximum atomic E-state index is 11.6.